The highest BCUT2D eigenvalue weighted by molar-refractivity contribution is 5.41. The van der Waals surface area contributed by atoms with Crippen molar-refractivity contribution < 1.29 is 15.3 Å². The van der Waals surface area contributed by atoms with Crippen LogP contribution in [0.3, 0.4) is 0 Å². The first-order valence-electron chi connectivity index (χ1n) is 4.51. The van der Waals surface area contributed by atoms with Crippen LogP contribution >= 0.6 is 0 Å². The number of anilines is 1. The number of aromatic nitrogens is 1. The molecule has 0 saturated heterocycles. The van der Waals surface area contributed by atoms with Crippen LogP contribution in [-0.4, -0.2) is 33.0 Å². The molecule has 0 aliphatic heterocycles. The molecule has 84 valence electrons. The van der Waals surface area contributed by atoms with Gasteiger partial charge in [0.05, 0.1) is 12.7 Å². The van der Waals surface area contributed by atoms with E-state index in [0.29, 0.717) is 11.1 Å². The van der Waals surface area contributed by atoms with Crippen molar-refractivity contribution in [1.29, 1.82) is 0 Å². The SMILES string of the molecule is NCC(O)C(O)c1cnc(N)c(CO)c1. The number of nitrogens with zero attached hydrogens (tertiary/aromatic N) is 1. The van der Waals surface area contributed by atoms with Crippen molar-refractivity contribution >= 4 is 5.82 Å². The first kappa shape index (κ1) is 11.9. The molecule has 1 rings (SSSR count). The summed E-state index contributed by atoms with van der Waals surface area (Å²) in [6.45, 7) is -0.321. The molecule has 2 atom stereocenters. The second kappa shape index (κ2) is 5.04. The van der Waals surface area contributed by atoms with Gasteiger partial charge in [0.2, 0.25) is 0 Å². The summed E-state index contributed by atoms with van der Waals surface area (Å²) in [5, 5.41) is 27.9. The lowest BCUT2D eigenvalue weighted by Gasteiger charge is -2.16. The lowest BCUT2D eigenvalue weighted by atomic mass is 10.0. The monoisotopic (exact) mass is 213 g/mol. The molecule has 0 aromatic carbocycles. The van der Waals surface area contributed by atoms with Crippen molar-refractivity contribution in [1.82, 2.24) is 4.98 Å². The zero-order valence-corrected chi connectivity index (χ0v) is 8.17. The van der Waals surface area contributed by atoms with Crippen molar-refractivity contribution in [3.63, 3.8) is 0 Å². The molecule has 0 bridgehead atoms. The van der Waals surface area contributed by atoms with Gasteiger partial charge >= 0.3 is 0 Å². The van der Waals surface area contributed by atoms with Gasteiger partial charge in [-0.05, 0) is 6.07 Å². The van der Waals surface area contributed by atoms with Crippen LogP contribution in [-0.2, 0) is 6.61 Å². The summed E-state index contributed by atoms with van der Waals surface area (Å²) >= 11 is 0. The third-order valence-corrected chi connectivity index (χ3v) is 2.14. The maximum Gasteiger partial charge on any atom is 0.128 e. The van der Waals surface area contributed by atoms with Gasteiger partial charge < -0.3 is 26.8 Å². The van der Waals surface area contributed by atoms with Gasteiger partial charge in [-0.25, -0.2) is 4.98 Å². The normalized spacial score (nSPS) is 14.9. The molecule has 0 amide bonds. The number of nitrogen functional groups attached to an aromatic ring is 1. The highest BCUT2D eigenvalue weighted by Crippen LogP contribution is 2.19. The Morgan fingerprint density at radius 1 is 1.40 bits per heavy atom. The van der Waals surface area contributed by atoms with Gasteiger partial charge in [-0.2, -0.15) is 0 Å². The van der Waals surface area contributed by atoms with Gasteiger partial charge in [-0.1, -0.05) is 0 Å². The van der Waals surface area contributed by atoms with E-state index in [1.807, 2.05) is 0 Å². The molecule has 6 heteroatoms. The molecule has 1 heterocycles. The van der Waals surface area contributed by atoms with Crippen LogP contribution in [0, 0.1) is 0 Å². The molecular weight excluding hydrogens is 198 g/mol. The molecule has 0 aliphatic carbocycles. The number of hydrogen-bond donors (Lipinski definition) is 5. The highest BCUT2D eigenvalue weighted by Gasteiger charge is 2.18. The standard InChI is InChI=1S/C9H15N3O3/c10-2-7(14)8(15)5-1-6(4-13)9(11)12-3-5/h1,3,7-8,13-15H,2,4,10H2,(H2,11,12). The van der Waals surface area contributed by atoms with E-state index in [0.717, 1.165) is 0 Å². The minimum atomic E-state index is -1.12. The van der Waals surface area contributed by atoms with Crippen LogP contribution in [0.4, 0.5) is 5.82 Å². The number of aliphatic hydroxyl groups is 3. The van der Waals surface area contributed by atoms with Gasteiger partial charge in [0.25, 0.3) is 0 Å². The van der Waals surface area contributed by atoms with Crippen LogP contribution in [0.25, 0.3) is 0 Å². The third kappa shape index (κ3) is 2.63. The quantitative estimate of drug-likeness (QED) is 0.415. The van der Waals surface area contributed by atoms with E-state index >= 15 is 0 Å². The van der Waals surface area contributed by atoms with Crippen LogP contribution < -0.4 is 11.5 Å². The Morgan fingerprint density at radius 3 is 2.60 bits per heavy atom. The molecule has 1 aromatic rings. The van der Waals surface area contributed by atoms with Gasteiger partial charge in [0.1, 0.15) is 11.9 Å². The van der Waals surface area contributed by atoms with Crippen LogP contribution in [0.2, 0.25) is 0 Å². The zero-order chi connectivity index (χ0) is 11.4. The first-order chi connectivity index (χ1) is 7.10. The number of rotatable bonds is 4. The Bertz CT molecular complexity index is 332. The maximum atomic E-state index is 9.61. The molecule has 6 nitrogen and oxygen atoms in total. The van der Waals surface area contributed by atoms with Crippen molar-refractivity contribution in [2.45, 2.75) is 18.8 Å². The topological polar surface area (TPSA) is 126 Å². The van der Waals surface area contributed by atoms with Crippen molar-refractivity contribution in [3.8, 4) is 0 Å². The second-order valence-electron chi connectivity index (χ2n) is 3.22. The lowest BCUT2D eigenvalue weighted by molar-refractivity contribution is 0.0240. The Labute approximate surface area is 87.2 Å². The molecule has 15 heavy (non-hydrogen) atoms. The molecule has 0 radical (unpaired) electrons. The van der Waals surface area contributed by atoms with Crippen LogP contribution in [0.1, 0.15) is 17.2 Å². The minimum absolute atomic E-state index is 0.0556. The Hall–Kier alpha value is -1.21. The average Bonchev–Trinajstić information content (AvgIpc) is 2.27. The molecule has 1 aromatic heterocycles. The summed E-state index contributed by atoms with van der Waals surface area (Å²) < 4.78 is 0. The number of aliphatic hydroxyl groups excluding tert-OH is 3. The minimum Gasteiger partial charge on any atom is -0.392 e. The fourth-order valence-electron chi connectivity index (χ4n) is 1.18. The molecule has 2 unspecified atom stereocenters. The largest absolute Gasteiger partial charge is 0.392 e. The summed E-state index contributed by atoms with van der Waals surface area (Å²) in [7, 11) is 0. The van der Waals surface area contributed by atoms with Gasteiger partial charge in [-0.15, -0.1) is 0 Å². The zero-order valence-electron chi connectivity index (χ0n) is 8.17. The molecule has 0 saturated carbocycles. The maximum absolute atomic E-state index is 9.61. The Balaban J connectivity index is 2.95. The van der Waals surface area contributed by atoms with E-state index in [1.165, 1.54) is 12.3 Å². The van der Waals surface area contributed by atoms with Gasteiger partial charge in [0, 0.05) is 23.9 Å². The van der Waals surface area contributed by atoms with Gasteiger partial charge in [-0.3, -0.25) is 0 Å². The Kier molecular flexibility index (Phi) is 3.98. The van der Waals surface area contributed by atoms with E-state index in [-0.39, 0.29) is 19.0 Å². The number of pyridine rings is 1. The number of nitrogens with two attached hydrogens (primary N) is 2. The average molecular weight is 213 g/mol. The smallest absolute Gasteiger partial charge is 0.128 e. The fraction of sp³-hybridized carbons (Fsp3) is 0.444. The second-order valence-corrected chi connectivity index (χ2v) is 3.22. The summed E-state index contributed by atoms with van der Waals surface area (Å²) in [4.78, 5) is 3.79. The van der Waals surface area contributed by atoms with Crippen molar-refractivity contribution in [2.75, 3.05) is 12.3 Å². The molecular formula is C9H15N3O3. The van der Waals surface area contributed by atoms with Crippen molar-refractivity contribution in [3.05, 3.63) is 23.4 Å². The van der Waals surface area contributed by atoms with Crippen molar-refractivity contribution in [2.24, 2.45) is 5.73 Å². The summed E-state index contributed by atoms with van der Waals surface area (Å²) in [5.74, 6) is 0.204. The van der Waals surface area contributed by atoms with E-state index < -0.39 is 12.2 Å². The van der Waals surface area contributed by atoms with E-state index in [9.17, 15) is 10.2 Å². The molecule has 0 fully saturated rings. The summed E-state index contributed by atoms with van der Waals surface area (Å²) in [5.41, 5.74) is 11.5. The summed E-state index contributed by atoms with van der Waals surface area (Å²) in [6.07, 6.45) is -0.826. The molecule has 0 spiro atoms. The van der Waals surface area contributed by atoms with Crippen LogP contribution in [0.15, 0.2) is 12.3 Å². The molecule has 0 aliphatic rings. The Morgan fingerprint density at radius 2 is 2.07 bits per heavy atom. The van der Waals surface area contributed by atoms with Crippen LogP contribution in [0.5, 0.6) is 0 Å². The lowest BCUT2D eigenvalue weighted by Crippen LogP contribution is -2.27. The van der Waals surface area contributed by atoms with E-state index in [1.54, 1.807) is 0 Å². The highest BCUT2D eigenvalue weighted by atomic mass is 16.3. The fourth-order valence-corrected chi connectivity index (χ4v) is 1.18. The van der Waals surface area contributed by atoms with E-state index in [2.05, 4.69) is 4.98 Å². The summed E-state index contributed by atoms with van der Waals surface area (Å²) in [6, 6.07) is 1.49. The number of hydrogen-bond acceptors (Lipinski definition) is 6. The third-order valence-electron chi connectivity index (χ3n) is 2.14. The molecule has 7 N–H and O–H groups in total. The van der Waals surface area contributed by atoms with E-state index in [4.69, 9.17) is 16.6 Å². The first-order valence-corrected chi connectivity index (χ1v) is 4.51. The predicted molar refractivity (Wildman–Crippen MR) is 54.6 cm³/mol. The van der Waals surface area contributed by atoms with Gasteiger partial charge in [0.15, 0.2) is 0 Å². The predicted octanol–water partition coefficient (Wildman–Crippen LogP) is -1.49.